The summed E-state index contributed by atoms with van der Waals surface area (Å²) in [7, 11) is 0. The summed E-state index contributed by atoms with van der Waals surface area (Å²) in [6, 6.07) is 18.4. The van der Waals surface area contributed by atoms with Gasteiger partial charge >= 0.3 is 121 Å². The third-order valence-corrected chi connectivity index (χ3v) is 14.5. The first-order valence-electron chi connectivity index (χ1n) is 29.4. The summed E-state index contributed by atoms with van der Waals surface area (Å²) in [5, 5.41) is 29.7. The van der Waals surface area contributed by atoms with Crippen molar-refractivity contribution in [2.75, 3.05) is 40.5 Å². The maximum absolute atomic E-state index is 12.9. The average Bonchev–Trinajstić information content (AvgIpc) is 1.67. The van der Waals surface area contributed by atoms with E-state index >= 15 is 0 Å². The Bertz CT molecular complexity index is 4370. The molecule has 103 heavy (non-hydrogen) atoms. The minimum absolute atomic E-state index is 0. The first kappa shape index (κ1) is 94.8. The predicted octanol–water partition coefficient (Wildman–Crippen LogP) is 1.72. The number of nitrogens with zero attached hydrogens (tertiary/aromatic N) is 14. The van der Waals surface area contributed by atoms with Crippen LogP contribution in [0.5, 0.6) is 0 Å². The molecule has 10 aromatic heterocycles. The molecule has 0 radical (unpaired) electrons. The van der Waals surface area contributed by atoms with E-state index in [-0.39, 0.29) is 203 Å². The van der Waals surface area contributed by atoms with Gasteiger partial charge in [-0.05, 0) is 148 Å². The van der Waals surface area contributed by atoms with Crippen LogP contribution in [-0.4, -0.2) is 168 Å². The van der Waals surface area contributed by atoms with Gasteiger partial charge in [-0.15, -0.1) is 0 Å². The summed E-state index contributed by atoms with van der Waals surface area (Å²) in [6.45, 7) is 11.2. The number of ether oxygens (including phenoxy) is 2. The number of esters is 2. The fourth-order valence-corrected chi connectivity index (χ4v) is 9.51. The number of nitrogens with two attached hydrogens (primary N) is 2. The SMILES string of the molecule is C.CC(C)(C)OC(=O)CBr.CC(C)(C)OC(=O)Cn1ccc2c(Cl)ncnc21.Clc1ncnc2[nH]ccc12.N.Nc1ncnc2c1ccn2CC(=O)N(CC(=O)Nc1cccc(Br)n1)C1CC1.Nc1ncnc2c1ccn2CC(=O)O.O.O=C(CNC1CC1)Nc1cccc(Br)n1.O=CO[O-].[H-].[K+].[K+]. The van der Waals surface area contributed by atoms with Gasteiger partial charge in [0.15, 0.2) is 0 Å². The van der Waals surface area contributed by atoms with Gasteiger partial charge in [-0.25, -0.2) is 49.8 Å². The number of anilines is 4. The zero-order chi connectivity index (χ0) is 71.7. The van der Waals surface area contributed by atoms with Crippen LogP contribution < -0.4 is 142 Å². The van der Waals surface area contributed by atoms with Crippen LogP contribution in [0.2, 0.25) is 10.3 Å². The van der Waals surface area contributed by atoms with Crippen molar-refractivity contribution in [1.29, 1.82) is 0 Å². The molecule has 2 aliphatic carbocycles. The van der Waals surface area contributed by atoms with Crippen molar-refractivity contribution in [3.63, 3.8) is 0 Å². The van der Waals surface area contributed by atoms with Gasteiger partial charge in [-0.3, -0.25) is 33.6 Å². The fraction of sp³-hybridized carbons (Fsp3) is 0.339. The molecule has 546 valence electrons. The maximum atomic E-state index is 12.9. The van der Waals surface area contributed by atoms with E-state index in [1.807, 2.05) is 59.7 Å². The number of rotatable bonds is 16. The third-order valence-electron chi connectivity index (χ3n) is 12.6. The largest absolute Gasteiger partial charge is 1.00 e. The Morgan fingerprint density at radius 2 is 1.12 bits per heavy atom. The molecule has 0 saturated heterocycles. The number of hydrogen-bond donors (Lipinski definition) is 8. The zero-order valence-electron chi connectivity index (χ0n) is 57.6. The summed E-state index contributed by atoms with van der Waals surface area (Å²) in [5.74, 6) is -0.179. The van der Waals surface area contributed by atoms with Gasteiger partial charge in [-0.1, -0.05) is 58.7 Å². The van der Waals surface area contributed by atoms with Gasteiger partial charge in [0.25, 0.3) is 6.47 Å². The first-order valence-corrected chi connectivity index (χ1v) is 32.8. The third kappa shape index (κ3) is 33.4. The molecule has 2 saturated carbocycles. The minimum Gasteiger partial charge on any atom is -1.00 e. The molecule has 3 amide bonds. The number of pyridine rings is 2. The quantitative estimate of drug-likeness (QED) is 0.00998. The van der Waals surface area contributed by atoms with E-state index in [1.54, 1.807) is 81.3 Å². The number of aromatic nitrogens is 14. The number of carboxylic acids is 1. The fourth-order valence-electron chi connectivity index (χ4n) is 8.32. The Kier molecular flexibility index (Phi) is 43.0. The van der Waals surface area contributed by atoms with Crippen LogP contribution >= 0.6 is 71.0 Å². The summed E-state index contributed by atoms with van der Waals surface area (Å²) in [5.41, 5.74) is 13.1. The number of nitrogens with one attached hydrogen (secondary N) is 4. The average molecular weight is 1710 g/mol. The molecule has 14 N–H and O–H groups in total. The molecule has 2 fully saturated rings. The molecular weight excluding hydrogens is 1640 g/mol. The topological polar surface area (TPSA) is 508 Å². The number of aliphatic carboxylic acids is 1. The van der Waals surface area contributed by atoms with Crippen molar-refractivity contribution in [3.05, 3.63) is 130 Å². The van der Waals surface area contributed by atoms with Crippen molar-refractivity contribution in [3.8, 4) is 0 Å². The van der Waals surface area contributed by atoms with Gasteiger partial charge in [0.1, 0.15) is 133 Å². The Morgan fingerprint density at radius 3 is 1.56 bits per heavy atom. The summed E-state index contributed by atoms with van der Waals surface area (Å²) < 4.78 is 16.4. The Balaban J connectivity index is 0.00000124. The number of nitrogen functional groups attached to an aromatic ring is 2. The van der Waals surface area contributed by atoms with E-state index in [2.05, 4.69) is 123 Å². The van der Waals surface area contributed by atoms with Crippen LogP contribution in [0.15, 0.2) is 120 Å². The second-order valence-electron chi connectivity index (χ2n) is 22.7. The molecule has 0 bridgehead atoms. The molecule has 10 heterocycles. The molecule has 0 aliphatic heterocycles. The van der Waals surface area contributed by atoms with Crippen LogP contribution in [0, 0.1) is 0 Å². The van der Waals surface area contributed by atoms with E-state index < -0.39 is 11.6 Å². The van der Waals surface area contributed by atoms with Crippen LogP contribution in [0.3, 0.4) is 0 Å². The number of H-pyrrole nitrogens is 1. The van der Waals surface area contributed by atoms with Crippen molar-refractivity contribution in [1.82, 2.24) is 84.9 Å². The van der Waals surface area contributed by atoms with Crippen LogP contribution in [0.25, 0.3) is 44.1 Å². The van der Waals surface area contributed by atoms with Gasteiger partial charge < -0.3 is 88.8 Å². The van der Waals surface area contributed by atoms with E-state index in [9.17, 15) is 28.8 Å². The molecular formula is C62H78Br3Cl2K2N21O13. The number of carboxylic acid groups (broad SMARTS) is 1. The number of hydrogen-bond acceptors (Lipinski definition) is 25. The number of aromatic amines is 1. The van der Waals surface area contributed by atoms with Crippen LogP contribution in [0.4, 0.5) is 23.3 Å². The Morgan fingerprint density at radius 1 is 0.670 bits per heavy atom. The van der Waals surface area contributed by atoms with E-state index in [0.717, 1.165) is 33.9 Å². The molecule has 41 heteroatoms. The number of alkyl halides is 1. The molecule has 0 aromatic carbocycles. The van der Waals surface area contributed by atoms with Gasteiger partial charge in [0, 0.05) is 36.9 Å². The maximum Gasteiger partial charge on any atom is 1.00 e. The standard InChI is InChI=1S/C18H18BrN7O2.C12H14ClN3O2.C10H12BrN3O.C8H8N4O2.C6H11BrO2.C6H4ClN3.CH2O3.CH4.2K.H3N.H2O.H/c19-13-2-1-3-14(23-13)24-15(27)8-26(11-4-5-11)16(28)9-25-7-6-12-17(20)21-10-22-18(12)25;1-12(2,3)18-9(17)6-16-5-4-8-10(13)14-7-15-11(8)16;11-8-2-1-3-9(13-8)14-10(15)6-12-7-4-5-7;9-7-5-1-2-12(3-6(13)14)8(5)11-4-10-7;1-6(2,3)9-5(8)4-7;7-5-4-1-2-8-6(4)10-3-9-5;2-1-4-3;;;;;;/h1-3,6-7,10-11H,4-5,8-9H2,(H2,20,21,22)(H,23,24,27);4-5,7H,6H2,1-3H3;1-3,7,12H,4-6H2,(H,13,14,15);1-2,4H,3H2,(H,13,14)(H2,9,10,11);4H2,1-3H3;1-3H,(H,8,9,10);1,3H;1H4;;;1H3;1H2;/q;;;;;;;;2*+1;;;-1/p-1. The number of carbonyl (C=O) groups is 7. The van der Waals surface area contributed by atoms with E-state index in [1.165, 1.54) is 42.7 Å². The second-order valence-corrected chi connectivity index (χ2v) is 25.6. The molecule has 0 atom stereocenters. The van der Waals surface area contributed by atoms with Gasteiger partial charge in [0.05, 0.1) is 28.1 Å². The second kappa shape index (κ2) is 46.7. The van der Waals surface area contributed by atoms with Gasteiger partial charge in [0.2, 0.25) is 17.7 Å². The molecule has 10 aromatic rings. The van der Waals surface area contributed by atoms with E-state index in [0.29, 0.717) is 78.5 Å². The van der Waals surface area contributed by atoms with E-state index in [4.69, 9.17) is 59.3 Å². The first-order chi connectivity index (χ1) is 46.5. The van der Waals surface area contributed by atoms with Crippen molar-refractivity contribution < 1.29 is 168 Å². The smallest absolute Gasteiger partial charge is 1.00 e. The Hall–Kier alpha value is -6.20. The molecule has 34 nitrogen and oxygen atoms in total. The monoisotopic (exact) mass is 1710 g/mol. The summed E-state index contributed by atoms with van der Waals surface area (Å²) >= 11 is 21.2. The minimum atomic E-state index is -0.917. The van der Waals surface area contributed by atoms with Crippen molar-refractivity contribution in [2.45, 2.75) is 118 Å². The van der Waals surface area contributed by atoms with Crippen LogP contribution in [-0.2, 0) is 67.6 Å². The predicted molar refractivity (Wildman–Crippen MR) is 389 cm³/mol. The zero-order valence-corrected chi connectivity index (χ0v) is 69.2. The van der Waals surface area contributed by atoms with Crippen LogP contribution in [0.1, 0.15) is 76.1 Å². The summed E-state index contributed by atoms with van der Waals surface area (Å²) in [4.78, 5) is 125. The molecule has 0 unspecified atom stereocenters. The van der Waals surface area contributed by atoms with Crippen molar-refractivity contribution in [2.24, 2.45) is 0 Å². The molecule has 0 spiro atoms. The van der Waals surface area contributed by atoms with Gasteiger partial charge in [-0.2, -0.15) is 0 Å². The number of carbonyl (C=O) groups excluding carboxylic acids is 6. The summed E-state index contributed by atoms with van der Waals surface area (Å²) in [6.07, 6.45) is 16.6. The normalized spacial score (nSPS) is 11.5. The van der Waals surface area contributed by atoms with Crippen molar-refractivity contribution >= 4 is 180 Å². The number of halogens is 5. The number of fused-ring (bicyclic) bond motifs is 4. The Labute approximate surface area is 713 Å². The molecule has 2 aliphatic rings. The number of amides is 3. The molecule has 12 rings (SSSR count).